The first kappa shape index (κ1) is 12.7. The Morgan fingerprint density at radius 2 is 2.06 bits per heavy atom. The van der Waals surface area contributed by atoms with Gasteiger partial charge in [0, 0.05) is 19.6 Å². The van der Waals surface area contributed by atoms with Gasteiger partial charge in [-0.2, -0.15) is 0 Å². The van der Waals surface area contributed by atoms with Crippen LogP contribution >= 0.6 is 0 Å². The van der Waals surface area contributed by atoms with Crippen molar-refractivity contribution in [2.24, 2.45) is 0 Å². The number of nitrogens with one attached hydrogen (secondary N) is 2. The van der Waals surface area contributed by atoms with Crippen LogP contribution in [0.2, 0.25) is 0 Å². The lowest BCUT2D eigenvalue weighted by atomic mass is 10.4. The van der Waals surface area contributed by atoms with Crippen LogP contribution < -0.4 is 15.4 Å². The standard InChI is InChI=1S/C10H18N4O2/c1-8(15)5-11-3-4-12-10-13-6-9(16-2)7-14-10/h6-8,11,15H,3-5H2,1-2H3,(H,12,13,14). The molecule has 1 aromatic rings. The monoisotopic (exact) mass is 226 g/mol. The first-order valence-electron chi connectivity index (χ1n) is 5.21. The molecule has 6 nitrogen and oxygen atoms in total. The lowest BCUT2D eigenvalue weighted by Gasteiger charge is -2.08. The Labute approximate surface area is 95.1 Å². The van der Waals surface area contributed by atoms with E-state index in [2.05, 4.69) is 20.6 Å². The maximum absolute atomic E-state index is 9.00. The normalized spacial score (nSPS) is 12.2. The zero-order valence-electron chi connectivity index (χ0n) is 9.60. The fraction of sp³-hybridized carbons (Fsp3) is 0.600. The average molecular weight is 226 g/mol. The van der Waals surface area contributed by atoms with Gasteiger partial charge in [0.25, 0.3) is 0 Å². The highest BCUT2D eigenvalue weighted by atomic mass is 16.5. The molecule has 1 rings (SSSR count). The van der Waals surface area contributed by atoms with Gasteiger partial charge in [-0.15, -0.1) is 0 Å². The number of rotatable bonds is 7. The minimum Gasteiger partial charge on any atom is -0.494 e. The predicted octanol–water partition coefficient (Wildman–Crippen LogP) is -0.133. The van der Waals surface area contributed by atoms with E-state index in [0.29, 0.717) is 24.8 Å². The summed E-state index contributed by atoms with van der Waals surface area (Å²) in [4.78, 5) is 8.12. The zero-order valence-corrected chi connectivity index (χ0v) is 9.60. The lowest BCUT2D eigenvalue weighted by Crippen LogP contribution is -2.29. The van der Waals surface area contributed by atoms with Crippen LogP contribution in [-0.4, -0.2) is 47.9 Å². The lowest BCUT2D eigenvalue weighted by molar-refractivity contribution is 0.192. The van der Waals surface area contributed by atoms with Crippen LogP contribution in [0, 0.1) is 0 Å². The van der Waals surface area contributed by atoms with E-state index in [-0.39, 0.29) is 6.10 Å². The molecule has 0 saturated heterocycles. The summed E-state index contributed by atoms with van der Waals surface area (Å²) in [5, 5.41) is 15.1. The molecular formula is C10H18N4O2. The highest BCUT2D eigenvalue weighted by Crippen LogP contribution is 2.06. The van der Waals surface area contributed by atoms with E-state index in [0.717, 1.165) is 6.54 Å². The van der Waals surface area contributed by atoms with Crippen molar-refractivity contribution in [2.45, 2.75) is 13.0 Å². The van der Waals surface area contributed by atoms with Gasteiger partial charge < -0.3 is 20.5 Å². The Kier molecular flexibility index (Phi) is 5.52. The molecule has 0 bridgehead atoms. The van der Waals surface area contributed by atoms with Gasteiger partial charge in [0.1, 0.15) is 0 Å². The third kappa shape index (κ3) is 4.90. The number of aliphatic hydroxyl groups excluding tert-OH is 1. The molecule has 0 spiro atoms. The summed E-state index contributed by atoms with van der Waals surface area (Å²) in [6, 6.07) is 0. The summed E-state index contributed by atoms with van der Waals surface area (Å²) in [5.74, 6) is 1.21. The first-order valence-corrected chi connectivity index (χ1v) is 5.21. The van der Waals surface area contributed by atoms with Gasteiger partial charge in [0.2, 0.25) is 5.95 Å². The predicted molar refractivity (Wildman–Crippen MR) is 61.6 cm³/mol. The molecule has 0 saturated carbocycles. The number of hydrogen-bond donors (Lipinski definition) is 3. The minimum absolute atomic E-state index is 0.322. The molecule has 16 heavy (non-hydrogen) atoms. The summed E-state index contributed by atoms with van der Waals surface area (Å²) in [6.07, 6.45) is 2.90. The maximum Gasteiger partial charge on any atom is 0.222 e. The summed E-state index contributed by atoms with van der Waals surface area (Å²) in [5.41, 5.74) is 0. The summed E-state index contributed by atoms with van der Waals surface area (Å²) in [7, 11) is 1.58. The zero-order chi connectivity index (χ0) is 11.8. The first-order chi connectivity index (χ1) is 7.72. The SMILES string of the molecule is COc1cnc(NCCNCC(C)O)nc1. The fourth-order valence-electron chi connectivity index (χ4n) is 1.09. The van der Waals surface area contributed by atoms with Crippen LogP contribution in [-0.2, 0) is 0 Å². The molecule has 1 heterocycles. The van der Waals surface area contributed by atoms with E-state index in [4.69, 9.17) is 9.84 Å². The van der Waals surface area contributed by atoms with Crippen LogP contribution in [0.1, 0.15) is 6.92 Å². The molecule has 0 aliphatic carbocycles. The molecule has 0 aromatic carbocycles. The second-order valence-corrected chi connectivity index (χ2v) is 3.43. The second-order valence-electron chi connectivity index (χ2n) is 3.43. The van der Waals surface area contributed by atoms with Crippen LogP contribution in [0.3, 0.4) is 0 Å². The molecule has 90 valence electrons. The van der Waals surface area contributed by atoms with Gasteiger partial charge in [-0.25, -0.2) is 9.97 Å². The number of methoxy groups -OCH3 is 1. The Hall–Kier alpha value is -1.40. The highest BCUT2D eigenvalue weighted by molar-refractivity contribution is 5.26. The van der Waals surface area contributed by atoms with E-state index in [1.165, 1.54) is 0 Å². The third-order valence-corrected chi connectivity index (χ3v) is 1.89. The topological polar surface area (TPSA) is 79.3 Å². The number of anilines is 1. The third-order valence-electron chi connectivity index (χ3n) is 1.89. The molecule has 0 amide bonds. The van der Waals surface area contributed by atoms with Crippen molar-refractivity contribution in [1.29, 1.82) is 0 Å². The Morgan fingerprint density at radius 1 is 1.38 bits per heavy atom. The van der Waals surface area contributed by atoms with Crippen LogP contribution in [0.5, 0.6) is 5.75 Å². The summed E-state index contributed by atoms with van der Waals surface area (Å²) in [6.45, 7) is 3.79. The van der Waals surface area contributed by atoms with E-state index >= 15 is 0 Å². The minimum atomic E-state index is -0.322. The van der Waals surface area contributed by atoms with Crippen molar-refractivity contribution in [1.82, 2.24) is 15.3 Å². The van der Waals surface area contributed by atoms with Gasteiger partial charge in [-0.05, 0) is 6.92 Å². The Morgan fingerprint density at radius 3 is 2.62 bits per heavy atom. The van der Waals surface area contributed by atoms with E-state index in [1.807, 2.05) is 0 Å². The van der Waals surface area contributed by atoms with Crippen LogP contribution in [0.4, 0.5) is 5.95 Å². The van der Waals surface area contributed by atoms with Gasteiger partial charge >= 0.3 is 0 Å². The average Bonchev–Trinajstić information content (AvgIpc) is 2.29. The van der Waals surface area contributed by atoms with Crippen molar-refractivity contribution in [2.75, 3.05) is 32.1 Å². The van der Waals surface area contributed by atoms with E-state index in [1.54, 1.807) is 26.4 Å². The van der Waals surface area contributed by atoms with Crippen LogP contribution in [0.15, 0.2) is 12.4 Å². The van der Waals surface area contributed by atoms with Gasteiger partial charge in [0.05, 0.1) is 25.6 Å². The number of aromatic nitrogens is 2. The van der Waals surface area contributed by atoms with E-state index in [9.17, 15) is 0 Å². The molecule has 3 N–H and O–H groups in total. The van der Waals surface area contributed by atoms with Crippen molar-refractivity contribution in [3.8, 4) is 5.75 Å². The van der Waals surface area contributed by atoms with Crippen molar-refractivity contribution < 1.29 is 9.84 Å². The Bertz CT molecular complexity index is 289. The highest BCUT2D eigenvalue weighted by Gasteiger charge is 1.97. The van der Waals surface area contributed by atoms with Gasteiger partial charge in [-0.1, -0.05) is 0 Å². The smallest absolute Gasteiger partial charge is 0.222 e. The second kappa shape index (κ2) is 6.97. The van der Waals surface area contributed by atoms with Crippen LogP contribution in [0.25, 0.3) is 0 Å². The molecule has 0 aliphatic heterocycles. The molecule has 6 heteroatoms. The largest absolute Gasteiger partial charge is 0.494 e. The quantitative estimate of drug-likeness (QED) is 0.562. The number of ether oxygens (including phenoxy) is 1. The van der Waals surface area contributed by atoms with Crippen molar-refractivity contribution >= 4 is 5.95 Å². The molecule has 0 aliphatic rings. The van der Waals surface area contributed by atoms with E-state index < -0.39 is 0 Å². The van der Waals surface area contributed by atoms with Gasteiger partial charge in [0.15, 0.2) is 5.75 Å². The molecule has 0 radical (unpaired) electrons. The van der Waals surface area contributed by atoms with Crippen molar-refractivity contribution in [3.63, 3.8) is 0 Å². The molecular weight excluding hydrogens is 208 g/mol. The number of aliphatic hydroxyl groups is 1. The van der Waals surface area contributed by atoms with Gasteiger partial charge in [-0.3, -0.25) is 0 Å². The number of hydrogen-bond acceptors (Lipinski definition) is 6. The summed E-state index contributed by atoms with van der Waals surface area (Å²) >= 11 is 0. The molecule has 1 atom stereocenters. The Balaban J connectivity index is 2.16. The van der Waals surface area contributed by atoms with Crippen molar-refractivity contribution in [3.05, 3.63) is 12.4 Å². The molecule has 1 aromatic heterocycles. The fourth-order valence-corrected chi connectivity index (χ4v) is 1.09. The molecule has 0 fully saturated rings. The summed E-state index contributed by atoms with van der Waals surface area (Å²) < 4.78 is 4.95. The molecule has 1 unspecified atom stereocenters. The number of nitrogens with zero attached hydrogens (tertiary/aromatic N) is 2. The maximum atomic E-state index is 9.00.